The quantitative estimate of drug-likeness (QED) is 0.631. The Morgan fingerprint density at radius 2 is 1.46 bits per heavy atom. The third-order valence-electron chi connectivity index (χ3n) is 4.24. The van der Waals surface area contributed by atoms with Crippen LogP contribution in [0.4, 0.5) is 0 Å². The molecule has 1 atom stereocenters. The predicted molar refractivity (Wildman–Crippen MR) is 89.6 cm³/mol. The molecule has 0 radical (unpaired) electrons. The molecule has 0 aromatic carbocycles. The van der Waals surface area contributed by atoms with Gasteiger partial charge in [-0.1, -0.05) is 6.92 Å². The monoisotopic (exact) mass is 344 g/mol. The number of carbonyl (C=O) groups is 2. The standard InChI is InChI=1S/2C9H16O3/c1-8(7-10)3-4-9(2)11-5-6-12-9;1-8(10)4-3-5-9(2)11-6-7-12-9/h7-8H,3-6H2,1-2H3;3-7H2,1-2H3. The lowest BCUT2D eigenvalue weighted by atomic mass is 10.0. The van der Waals surface area contributed by atoms with Crippen molar-refractivity contribution in [3.63, 3.8) is 0 Å². The Balaban J connectivity index is 0.000000240. The molecule has 2 saturated heterocycles. The molecule has 0 N–H and O–H groups in total. The first-order valence-electron chi connectivity index (χ1n) is 8.79. The van der Waals surface area contributed by atoms with E-state index in [9.17, 15) is 9.59 Å². The number of rotatable bonds is 8. The highest BCUT2D eigenvalue weighted by atomic mass is 16.7. The number of aldehydes is 1. The van der Waals surface area contributed by atoms with E-state index in [0.29, 0.717) is 32.8 Å². The SMILES string of the molecule is CC(=O)CCCC1(C)OCCO1.CC(C=O)CCC1(C)OCCO1. The van der Waals surface area contributed by atoms with Gasteiger partial charge in [-0.15, -0.1) is 0 Å². The fourth-order valence-electron chi connectivity index (χ4n) is 2.62. The summed E-state index contributed by atoms with van der Waals surface area (Å²) in [6, 6.07) is 0. The van der Waals surface area contributed by atoms with Crippen molar-refractivity contribution in [3.05, 3.63) is 0 Å². The third-order valence-corrected chi connectivity index (χ3v) is 4.24. The maximum absolute atomic E-state index is 10.6. The lowest BCUT2D eigenvalue weighted by molar-refractivity contribution is -0.149. The van der Waals surface area contributed by atoms with Crippen LogP contribution < -0.4 is 0 Å². The molecule has 2 aliphatic heterocycles. The molecule has 6 nitrogen and oxygen atoms in total. The van der Waals surface area contributed by atoms with Crippen LogP contribution in [0.1, 0.15) is 59.8 Å². The molecule has 6 heteroatoms. The van der Waals surface area contributed by atoms with Crippen molar-refractivity contribution in [2.24, 2.45) is 5.92 Å². The predicted octanol–water partition coefficient (Wildman–Crippen LogP) is 2.87. The van der Waals surface area contributed by atoms with Gasteiger partial charge in [-0.3, -0.25) is 0 Å². The van der Waals surface area contributed by atoms with Gasteiger partial charge in [-0.2, -0.15) is 0 Å². The zero-order valence-electron chi connectivity index (χ0n) is 15.5. The van der Waals surface area contributed by atoms with E-state index in [1.807, 2.05) is 20.8 Å². The summed E-state index contributed by atoms with van der Waals surface area (Å²) in [4.78, 5) is 21.0. The van der Waals surface area contributed by atoms with E-state index in [1.165, 1.54) is 0 Å². The molecule has 2 heterocycles. The van der Waals surface area contributed by atoms with Crippen LogP contribution in [0.15, 0.2) is 0 Å². The molecule has 2 rings (SSSR count). The zero-order chi connectivity index (χ0) is 18.1. The molecule has 0 aliphatic carbocycles. The molecule has 0 amide bonds. The number of hydrogen-bond donors (Lipinski definition) is 0. The summed E-state index contributed by atoms with van der Waals surface area (Å²) < 4.78 is 21.6. The molecule has 2 fully saturated rings. The second-order valence-electron chi connectivity index (χ2n) is 6.87. The summed E-state index contributed by atoms with van der Waals surface area (Å²) in [5, 5.41) is 0. The Morgan fingerprint density at radius 1 is 1.00 bits per heavy atom. The van der Waals surface area contributed by atoms with E-state index in [0.717, 1.165) is 32.0 Å². The minimum Gasteiger partial charge on any atom is -0.348 e. The maximum Gasteiger partial charge on any atom is 0.165 e. The molecule has 0 aromatic heterocycles. The smallest absolute Gasteiger partial charge is 0.165 e. The molecule has 2 aliphatic rings. The Labute approximate surface area is 145 Å². The van der Waals surface area contributed by atoms with Crippen molar-refractivity contribution >= 4 is 12.1 Å². The number of ether oxygens (including phenoxy) is 4. The van der Waals surface area contributed by atoms with E-state index >= 15 is 0 Å². The first kappa shape index (κ1) is 21.2. The second-order valence-corrected chi connectivity index (χ2v) is 6.87. The summed E-state index contributed by atoms with van der Waals surface area (Å²) in [7, 11) is 0. The van der Waals surface area contributed by atoms with Crippen molar-refractivity contribution in [1.29, 1.82) is 0 Å². The Bertz CT molecular complexity index is 383. The summed E-state index contributed by atoms with van der Waals surface area (Å²) in [5.41, 5.74) is 0. The van der Waals surface area contributed by atoms with Crippen molar-refractivity contribution in [3.8, 4) is 0 Å². The minimum atomic E-state index is -0.433. The molecule has 140 valence electrons. The molecule has 0 spiro atoms. The first-order chi connectivity index (χ1) is 11.3. The fraction of sp³-hybridized carbons (Fsp3) is 0.889. The van der Waals surface area contributed by atoms with Crippen LogP contribution >= 0.6 is 0 Å². The van der Waals surface area contributed by atoms with Crippen molar-refractivity contribution in [2.75, 3.05) is 26.4 Å². The Kier molecular flexibility index (Phi) is 9.05. The molecular weight excluding hydrogens is 312 g/mol. The second kappa shape index (κ2) is 10.2. The van der Waals surface area contributed by atoms with Crippen molar-refractivity contribution < 1.29 is 28.5 Å². The van der Waals surface area contributed by atoms with Crippen LogP contribution in [-0.2, 0) is 28.5 Å². The summed E-state index contributed by atoms with van der Waals surface area (Å²) in [5.74, 6) is -0.515. The molecule has 1 unspecified atom stereocenters. The highest BCUT2D eigenvalue weighted by molar-refractivity contribution is 5.75. The highest BCUT2D eigenvalue weighted by Crippen LogP contribution is 2.25. The third kappa shape index (κ3) is 8.33. The van der Waals surface area contributed by atoms with Crippen LogP contribution in [0.5, 0.6) is 0 Å². The van der Waals surface area contributed by atoms with E-state index in [2.05, 4.69) is 0 Å². The van der Waals surface area contributed by atoms with Crippen LogP contribution in [0.2, 0.25) is 0 Å². The van der Waals surface area contributed by atoms with Gasteiger partial charge in [0.05, 0.1) is 26.4 Å². The minimum absolute atomic E-state index is 0.106. The lowest BCUT2D eigenvalue weighted by Crippen LogP contribution is -2.26. The number of ketones is 1. The molecule has 24 heavy (non-hydrogen) atoms. The average Bonchev–Trinajstić information content (AvgIpc) is 3.15. The summed E-state index contributed by atoms with van der Waals surface area (Å²) in [6.07, 6.45) is 4.89. The van der Waals surface area contributed by atoms with Gasteiger partial charge in [-0.25, -0.2) is 0 Å². The van der Waals surface area contributed by atoms with E-state index in [4.69, 9.17) is 18.9 Å². The molecule has 0 aromatic rings. The largest absolute Gasteiger partial charge is 0.348 e. The first-order valence-corrected chi connectivity index (χ1v) is 8.79. The number of hydrogen-bond acceptors (Lipinski definition) is 6. The van der Waals surface area contributed by atoms with Gasteiger partial charge in [0, 0.05) is 25.2 Å². The normalized spacial score (nSPS) is 22.5. The van der Waals surface area contributed by atoms with Gasteiger partial charge in [0.15, 0.2) is 11.6 Å². The fourth-order valence-corrected chi connectivity index (χ4v) is 2.62. The summed E-state index contributed by atoms with van der Waals surface area (Å²) in [6.45, 7) is 10.1. The maximum atomic E-state index is 10.6. The van der Waals surface area contributed by atoms with Gasteiger partial charge in [0.25, 0.3) is 0 Å². The summed E-state index contributed by atoms with van der Waals surface area (Å²) >= 11 is 0. The van der Waals surface area contributed by atoms with Crippen molar-refractivity contribution in [1.82, 2.24) is 0 Å². The number of Topliss-reactive ketones (excluding diaryl/α,β-unsaturated/α-hetero) is 1. The van der Waals surface area contributed by atoms with Gasteiger partial charge in [0.1, 0.15) is 12.1 Å². The Morgan fingerprint density at radius 3 is 1.88 bits per heavy atom. The molecule has 0 bridgehead atoms. The average molecular weight is 344 g/mol. The van der Waals surface area contributed by atoms with Gasteiger partial charge in [0.2, 0.25) is 0 Å². The van der Waals surface area contributed by atoms with Crippen molar-refractivity contribution in [2.45, 2.75) is 71.4 Å². The van der Waals surface area contributed by atoms with Crippen LogP contribution in [0, 0.1) is 5.92 Å². The van der Waals surface area contributed by atoms with Crippen LogP contribution in [-0.4, -0.2) is 50.1 Å². The van der Waals surface area contributed by atoms with Crippen LogP contribution in [0.3, 0.4) is 0 Å². The van der Waals surface area contributed by atoms with E-state index < -0.39 is 11.6 Å². The molecular formula is C18H32O6. The Hall–Kier alpha value is -0.820. The topological polar surface area (TPSA) is 71.1 Å². The highest BCUT2D eigenvalue weighted by Gasteiger charge is 2.31. The van der Waals surface area contributed by atoms with E-state index in [1.54, 1.807) is 6.92 Å². The van der Waals surface area contributed by atoms with Gasteiger partial charge >= 0.3 is 0 Å². The molecule has 0 saturated carbocycles. The van der Waals surface area contributed by atoms with Crippen LogP contribution in [0.25, 0.3) is 0 Å². The van der Waals surface area contributed by atoms with Gasteiger partial charge < -0.3 is 28.5 Å². The number of carbonyl (C=O) groups excluding carboxylic acids is 2. The zero-order valence-corrected chi connectivity index (χ0v) is 15.5. The lowest BCUT2D eigenvalue weighted by Gasteiger charge is -2.22. The van der Waals surface area contributed by atoms with E-state index in [-0.39, 0.29) is 11.7 Å². The van der Waals surface area contributed by atoms with Gasteiger partial charge in [-0.05, 0) is 33.6 Å².